The molecule has 144 valence electrons. The second-order valence-corrected chi connectivity index (χ2v) is 7.73. The van der Waals surface area contributed by atoms with E-state index in [2.05, 4.69) is 10.0 Å². The van der Waals surface area contributed by atoms with E-state index < -0.39 is 33.3 Å². The largest absolute Gasteiger partial charge is 0.317 e. The molecule has 3 aromatic rings. The van der Waals surface area contributed by atoms with Gasteiger partial charge in [0.05, 0.1) is 4.90 Å². The van der Waals surface area contributed by atoms with Gasteiger partial charge < -0.3 is 5.32 Å². The molecule has 0 atom stereocenters. The van der Waals surface area contributed by atoms with Crippen molar-refractivity contribution in [2.45, 2.75) is 11.8 Å². The summed E-state index contributed by atoms with van der Waals surface area (Å²) >= 11 is 0. The molecule has 0 radical (unpaired) electrons. The molecule has 3 rings (SSSR count). The molecular weight excluding hydrogens is 386 g/mol. The van der Waals surface area contributed by atoms with Gasteiger partial charge in [0.2, 0.25) is 0 Å². The molecule has 5 nitrogen and oxygen atoms in total. The van der Waals surface area contributed by atoms with Gasteiger partial charge in [0, 0.05) is 11.3 Å². The number of hydrogen-bond donors (Lipinski definition) is 2. The van der Waals surface area contributed by atoms with Gasteiger partial charge in [-0.25, -0.2) is 17.2 Å². The molecule has 0 aromatic heterocycles. The van der Waals surface area contributed by atoms with Gasteiger partial charge >= 0.3 is 0 Å². The molecule has 3 aromatic carbocycles. The number of benzene rings is 3. The van der Waals surface area contributed by atoms with Gasteiger partial charge in [0.15, 0.2) is 0 Å². The molecule has 0 unspecified atom stereocenters. The van der Waals surface area contributed by atoms with Crippen LogP contribution in [0.2, 0.25) is 0 Å². The molecule has 0 fully saturated rings. The second-order valence-electron chi connectivity index (χ2n) is 6.05. The Kier molecular flexibility index (Phi) is 5.41. The summed E-state index contributed by atoms with van der Waals surface area (Å²) in [5, 5.41) is 2.16. The van der Waals surface area contributed by atoms with Crippen molar-refractivity contribution in [2.75, 3.05) is 10.0 Å². The van der Waals surface area contributed by atoms with E-state index in [-0.39, 0.29) is 16.1 Å². The summed E-state index contributed by atoms with van der Waals surface area (Å²) in [5.74, 6) is -2.60. The lowest BCUT2D eigenvalue weighted by atomic mass is 10.2. The van der Waals surface area contributed by atoms with Crippen LogP contribution in [0.25, 0.3) is 0 Å². The van der Waals surface area contributed by atoms with Gasteiger partial charge in [0.1, 0.15) is 17.3 Å². The molecule has 2 N–H and O–H groups in total. The number of aryl methyl sites for hydroxylation is 1. The number of rotatable bonds is 5. The van der Waals surface area contributed by atoms with Crippen molar-refractivity contribution < 1.29 is 22.0 Å². The van der Waals surface area contributed by atoms with E-state index in [0.717, 1.165) is 17.7 Å². The highest BCUT2D eigenvalue weighted by Gasteiger charge is 2.16. The maximum absolute atomic E-state index is 13.7. The van der Waals surface area contributed by atoms with Crippen molar-refractivity contribution >= 4 is 27.3 Å². The predicted octanol–water partition coefficient (Wildman–Crippen LogP) is 4.33. The summed E-state index contributed by atoms with van der Waals surface area (Å²) in [6.45, 7) is 1.84. The lowest BCUT2D eigenvalue weighted by Gasteiger charge is -2.11. The highest BCUT2D eigenvalue weighted by Crippen LogP contribution is 2.21. The van der Waals surface area contributed by atoms with E-state index in [1.807, 2.05) is 6.92 Å². The molecule has 0 bridgehead atoms. The first-order valence-electron chi connectivity index (χ1n) is 8.21. The van der Waals surface area contributed by atoms with Crippen LogP contribution in [0.15, 0.2) is 71.6 Å². The Hall–Kier alpha value is -3.26. The van der Waals surface area contributed by atoms with Crippen LogP contribution in [0.4, 0.5) is 20.2 Å². The first-order valence-corrected chi connectivity index (χ1v) is 9.69. The number of amides is 1. The molecule has 0 saturated carbocycles. The Balaban J connectivity index is 1.82. The summed E-state index contributed by atoms with van der Waals surface area (Å²) in [7, 11) is -3.85. The van der Waals surface area contributed by atoms with Gasteiger partial charge in [-0.2, -0.15) is 0 Å². The summed E-state index contributed by atoms with van der Waals surface area (Å²) in [6.07, 6.45) is 0. The van der Waals surface area contributed by atoms with Crippen LogP contribution in [-0.2, 0) is 10.0 Å². The number of para-hydroxylation sites is 1. The van der Waals surface area contributed by atoms with Crippen molar-refractivity contribution in [1.29, 1.82) is 0 Å². The first-order chi connectivity index (χ1) is 13.3. The maximum Gasteiger partial charge on any atom is 0.261 e. The minimum atomic E-state index is -3.85. The van der Waals surface area contributed by atoms with Crippen LogP contribution in [0.1, 0.15) is 15.9 Å². The SMILES string of the molecule is Cc1ccc(S(=O)(=O)Nc2cccc(C(=O)Nc3c(F)cccc3F)c2)cc1. The molecule has 28 heavy (non-hydrogen) atoms. The van der Waals surface area contributed by atoms with Crippen LogP contribution >= 0.6 is 0 Å². The Morgan fingerprint density at radius 2 is 1.50 bits per heavy atom. The van der Waals surface area contributed by atoms with Crippen molar-refractivity contribution in [3.8, 4) is 0 Å². The van der Waals surface area contributed by atoms with Crippen LogP contribution in [0, 0.1) is 18.6 Å². The number of hydrogen-bond acceptors (Lipinski definition) is 3. The molecule has 0 aliphatic carbocycles. The van der Waals surface area contributed by atoms with Gasteiger partial charge in [-0.3, -0.25) is 9.52 Å². The Morgan fingerprint density at radius 3 is 2.14 bits per heavy atom. The zero-order valence-corrected chi connectivity index (χ0v) is 15.6. The number of carbonyl (C=O) groups is 1. The molecule has 8 heteroatoms. The van der Waals surface area contributed by atoms with Crippen LogP contribution < -0.4 is 10.0 Å². The number of carbonyl (C=O) groups excluding carboxylic acids is 1. The summed E-state index contributed by atoms with van der Waals surface area (Å²) in [5.41, 5.74) is 0.519. The Labute approximate surface area is 161 Å². The van der Waals surface area contributed by atoms with Gasteiger partial charge in [-0.15, -0.1) is 0 Å². The number of anilines is 2. The Morgan fingerprint density at radius 1 is 0.893 bits per heavy atom. The van der Waals surface area contributed by atoms with E-state index in [0.29, 0.717) is 0 Å². The molecule has 0 aliphatic rings. The van der Waals surface area contributed by atoms with E-state index in [4.69, 9.17) is 0 Å². The van der Waals surface area contributed by atoms with E-state index >= 15 is 0 Å². The van der Waals surface area contributed by atoms with E-state index in [1.165, 1.54) is 42.5 Å². The minimum absolute atomic E-state index is 0.0340. The zero-order valence-electron chi connectivity index (χ0n) is 14.7. The molecular formula is C20H16F2N2O3S. The first kappa shape index (κ1) is 19.5. The fourth-order valence-electron chi connectivity index (χ4n) is 2.46. The molecule has 0 spiro atoms. The average molecular weight is 402 g/mol. The molecule has 1 amide bonds. The summed E-state index contributed by atoms with van der Waals surface area (Å²) < 4.78 is 54.7. The average Bonchev–Trinajstić information content (AvgIpc) is 2.65. The zero-order chi connectivity index (χ0) is 20.3. The van der Waals surface area contributed by atoms with Gasteiger partial charge in [-0.05, 0) is 49.4 Å². The number of sulfonamides is 1. The van der Waals surface area contributed by atoms with Crippen LogP contribution in [-0.4, -0.2) is 14.3 Å². The van der Waals surface area contributed by atoms with Gasteiger partial charge in [0.25, 0.3) is 15.9 Å². The number of halogens is 2. The van der Waals surface area contributed by atoms with Crippen molar-refractivity contribution in [2.24, 2.45) is 0 Å². The normalized spacial score (nSPS) is 11.1. The van der Waals surface area contributed by atoms with Crippen molar-refractivity contribution in [3.05, 3.63) is 89.5 Å². The summed E-state index contributed by atoms with van der Waals surface area (Å²) in [6, 6.07) is 15.1. The van der Waals surface area contributed by atoms with E-state index in [9.17, 15) is 22.0 Å². The maximum atomic E-state index is 13.7. The third-order valence-electron chi connectivity index (χ3n) is 3.91. The fraction of sp³-hybridized carbons (Fsp3) is 0.0500. The fourth-order valence-corrected chi connectivity index (χ4v) is 3.51. The molecule has 0 saturated heterocycles. The highest BCUT2D eigenvalue weighted by molar-refractivity contribution is 7.92. The predicted molar refractivity (Wildman–Crippen MR) is 103 cm³/mol. The van der Waals surface area contributed by atoms with Crippen molar-refractivity contribution in [1.82, 2.24) is 0 Å². The lowest BCUT2D eigenvalue weighted by molar-refractivity contribution is 0.102. The third kappa shape index (κ3) is 4.34. The standard InChI is InChI=1S/C20H16F2N2O3S/c1-13-8-10-16(11-9-13)28(26,27)24-15-5-2-4-14(12-15)20(25)23-19-17(21)6-3-7-18(19)22/h2-12,24H,1H3,(H,23,25). The van der Waals surface area contributed by atoms with Crippen LogP contribution in [0.5, 0.6) is 0 Å². The number of nitrogens with one attached hydrogen (secondary N) is 2. The monoisotopic (exact) mass is 402 g/mol. The second kappa shape index (κ2) is 7.77. The van der Waals surface area contributed by atoms with Crippen LogP contribution in [0.3, 0.4) is 0 Å². The Bertz CT molecular complexity index is 1110. The van der Waals surface area contributed by atoms with Gasteiger partial charge in [-0.1, -0.05) is 29.8 Å². The topological polar surface area (TPSA) is 75.3 Å². The quantitative estimate of drug-likeness (QED) is 0.667. The van der Waals surface area contributed by atoms with E-state index in [1.54, 1.807) is 12.1 Å². The minimum Gasteiger partial charge on any atom is -0.317 e. The highest BCUT2D eigenvalue weighted by atomic mass is 32.2. The summed E-state index contributed by atoms with van der Waals surface area (Å²) in [4.78, 5) is 12.4. The lowest BCUT2D eigenvalue weighted by Crippen LogP contribution is -2.16. The van der Waals surface area contributed by atoms with Crippen molar-refractivity contribution in [3.63, 3.8) is 0 Å². The molecule has 0 heterocycles. The molecule has 0 aliphatic heterocycles. The smallest absolute Gasteiger partial charge is 0.261 e. The third-order valence-corrected chi connectivity index (χ3v) is 5.31.